The molecule has 1 aromatic carbocycles. The maximum Gasteiger partial charge on any atom is 0.0685 e. The van der Waals surface area contributed by atoms with Crippen molar-refractivity contribution in [1.82, 2.24) is 9.78 Å². The third kappa shape index (κ3) is 2.67. The van der Waals surface area contributed by atoms with Crippen LogP contribution in [0.15, 0.2) is 24.4 Å². The molecule has 0 bridgehead atoms. The van der Waals surface area contributed by atoms with Gasteiger partial charge in [0.05, 0.1) is 11.7 Å². The molecule has 0 unspecified atom stereocenters. The Balaban J connectivity index is 2.26. The molecule has 92 valence electrons. The normalized spacial score (nSPS) is 11.5. The number of hydrogen-bond donors (Lipinski definition) is 0. The molecule has 0 amide bonds. The van der Waals surface area contributed by atoms with Crippen LogP contribution in [-0.2, 0) is 11.3 Å². The highest BCUT2D eigenvalue weighted by atomic mass is 16.5. The molecular weight excluding hydrogens is 212 g/mol. The molecule has 0 aliphatic heterocycles. The summed E-state index contributed by atoms with van der Waals surface area (Å²) in [5.74, 6) is 0.557. The van der Waals surface area contributed by atoms with E-state index in [9.17, 15) is 0 Å². The van der Waals surface area contributed by atoms with Gasteiger partial charge in [0.2, 0.25) is 0 Å². The lowest BCUT2D eigenvalue weighted by Gasteiger charge is -2.07. The van der Waals surface area contributed by atoms with Crippen LogP contribution in [-0.4, -0.2) is 23.5 Å². The average Bonchev–Trinajstić information content (AvgIpc) is 2.72. The smallest absolute Gasteiger partial charge is 0.0685 e. The van der Waals surface area contributed by atoms with E-state index in [1.807, 2.05) is 6.20 Å². The first-order valence-corrected chi connectivity index (χ1v) is 6.17. The van der Waals surface area contributed by atoms with Crippen molar-refractivity contribution in [1.29, 1.82) is 0 Å². The van der Waals surface area contributed by atoms with Crippen LogP contribution in [0.5, 0.6) is 0 Å². The number of benzene rings is 1. The zero-order chi connectivity index (χ0) is 12.3. The van der Waals surface area contributed by atoms with Gasteiger partial charge in [0, 0.05) is 25.6 Å². The van der Waals surface area contributed by atoms with Crippen LogP contribution in [0.3, 0.4) is 0 Å². The topological polar surface area (TPSA) is 27.1 Å². The second-order valence-electron chi connectivity index (χ2n) is 4.69. The van der Waals surface area contributed by atoms with Gasteiger partial charge >= 0.3 is 0 Å². The van der Waals surface area contributed by atoms with Gasteiger partial charge in [-0.2, -0.15) is 5.10 Å². The highest BCUT2D eigenvalue weighted by Gasteiger charge is 2.05. The average molecular weight is 232 g/mol. The fraction of sp³-hybridized carbons (Fsp3) is 0.500. The number of fused-ring (bicyclic) bond motifs is 1. The van der Waals surface area contributed by atoms with Crippen LogP contribution in [0, 0.1) is 0 Å². The first-order chi connectivity index (χ1) is 8.22. The van der Waals surface area contributed by atoms with Crippen molar-refractivity contribution in [2.75, 3.05) is 13.7 Å². The summed E-state index contributed by atoms with van der Waals surface area (Å²) in [7, 11) is 1.73. The minimum absolute atomic E-state index is 0.557. The van der Waals surface area contributed by atoms with Gasteiger partial charge in [0.1, 0.15) is 0 Å². The quantitative estimate of drug-likeness (QED) is 0.740. The summed E-state index contributed by atoms with van der Waals surface area (Å²) >= 11 is 0. The Kier molecular flexibility index (Phi) is 3.79. The van der Waals surface area contributed by atoms with E-state index in [1.54, 1.807) is 7.11 Å². The summed E-state index contributed by atoms with van der Waals surface area (Å²) in [6.45, 7) is 6.13. The first-order valence-electron chi connectivity index (χ1n) is 6.17. The van der Waals surface area contributed by atoms with Crippen LogP contribution in [0.4, 0.5) is 0 Å². The molecule has 3 heteroatoms. The SMILES string of the molecule is COCCCn1ncc2ccc(C(C)C)cc21. The molecule has 0 saturated heterocycles. The van der Waals surface area contributed by atoms with Gasteiger partial charge in [0.25, 0.3) is 0 Å². The second-order valence-corrected chi connectivity index (χ2v) is 4.69. The van der Waals surface area contributed by atoms with Crippen molar-refractivity contribution < 1.29 is 4.74 Å². The molecule has 0 saturated carbocycles. The highest BCUT2D eigenvalue weighted by Crippen LogP contribution is 2.21. The van der Waals surface area contributed by atoms with Crippen LogP contribution in [0.25, 0.3) is 10.9 Å². The van der Waals surface area contributed by atoms with Crippen molar-refractivity contribution >= 4 is 10.9 Å². The van der Waals surface area contributed by atoms with Crippen LogP contribution in [0.2, 0.25) is 0 Å². The summed E-state index contributed by atoms with van der Waals surface area (Å²) < 4.78 is 7.14. The van der Waals surface area contributed by atoms with Gasteiger partial charge in [-0.05, 0) is 24.0 Å². The van der Waals surface area contributed by atoms with Gasteiger partial charge in [-0.25, -0.2) is 0 Å². The molecule has 0 N–H and O–H groups in total. The molecule has 0 spiro atoms. The first kappa shape index (κ1) is 12.1. The predicted molar refractivity (Wildman–Crippen MR) is 70.3 cm³/mol. The lowest BCUT2D eigenvalue weighted by atomic mass is 10.0. The molecule has 0 atom stereocenters. The number of rotatable bonds is 5. The number of ether oxygens (including phenoxy) is 1. The maximum atomic E-state index is 5.07. The van der Waals surface area contributed by atoms with E-state index in [0.29, 0.717) is 5.92 Å². The molecule has 0 aliphatic rings. The Morgan fingerprint density at radius 2 is 2.18 bits per heavy atom. The summed E-state index contributed by atoms with van der Waals surface area (Å²) in [6.07, 6.45) is 2.94. The van der Waals surface area contributed by atoms with E-state index in [0.717, 1.165) is 19.6 Å². The Morgan fingerprint density at radius 3 is 2.88 bits per heavy atom. The standard InChI is InChI=1S/C14H20N2O/c1-11(2)12-5-6-13-10-15-16(14(13)9-12)7-4-8-17-3/h5-6,9-11H,4,7-8H2,1-3H3. The molecule has 0 fully saturated rings. The van der Waals surface area contributed by atoms with Gasteiger partial charge in [-0.3, -0.25) is 4.68 Å². The lowest BCUT2D eigenvalue weighted by molar-refractivity contribution is 0.189. The monoisotopic (exact) mass is 232 g/mol. The zero-order valence-electron chi connectivity index (χ0n) is 10.8. The Morgan fingerprint density at radius 1 is 1.35 bits per heavy atom. The molecule has 3 nitrogen and oxygen atoms in total. The third-order valence-electron chi connectivity index (χ3n) is 3.05. The third-order valence-corrected chi connectivity index (χ3v) is 3.05. The largest absolute Gasteiger partial charge is 0.385 e. The molecule has 2 aromatic rings. The van der Waals surface area contributed by atoms with Gasteiger partial charge in [-0.1, -0.05) is 26.0 Å². The Bertz CT molecular complexity index is 488. The van der Waals surface area contributed by atoms with Gasteiger partial charge in [0.15, 0.2) is 0 Å². The Labute approximate surface area is 102 Å². The van der Waals surface area contributed by atoms with Crippen LogP contribution < -0.4 is 0 Å². The molecule has 1 aromatic heterocycles. The molecule has 2 rings (SSSR count). The fourth-order valence-corrected chi connectivity index (χ4v) is 1.98. The molecule has 0 radical (unpaired) electrons. The van der Waals surface area contributed by atoms with Crippen molar-refractivity contribution in [2.45, 2.75) is 32.7 Å². The number of aromatic nitrogens is 2. The maximum absolute atomic E-state index is 5.07. The van der Waals surface area contributed by atoms with Crippen molar-refractivity contribution in [3.8, 4) is 0 Å². The summed E-state index contributed by atoms with van der Waals surface area (Å²) in [6, 6.07) is 6.60. The van der Waals surface area contributed by atoms with E-state index < -0.39 is 0 Å². The number of methoxy groups -OCH3 is 1. The summed E-state index contributed by atoms with van der Waals surface area (Å²) in [4.78, 5) is 0. The van der Waals surface area contributed by atoms with E-state index in [-0.39, 0.29) is 0 Å². The van der Waals surface area contributed by atoms with Crippen molar-refractivity contribution in [2.24, 2.45) is 0 Å². The molecule has 17 heavy (non-hydrogen) atoms. The van der Waals surface area contributed by atoms with E-state index in [1.165, 1.54) is 16.5 Å². The van der Waals surface area contributed by atoms with Gasteiger partial charge in [-0.15, -0.1) is 0 Å². The molecule has 0 aliphatic carbocycles. The van der Waals surface area contributed by atoms with Crippen LogP contribution >= 0.6 is 0 Å². The lowest BCUT2D eigenvalue weighted by Crippen LogP contribution is -2.03. The van der Waals surface area contributed by atoms with Crippen molar-refractivity contribution in [3.05, 3.63) is 30.0 Å². The number of hydrogen-bond acceptors (Lipinski definition) is 2. The fourth-order valence-electron chi connectivity index (χ4n) is 1.98. The number of nitrogens with zero attached hydrogens (tertiary/aromatic N) is 2. The van der Waals surface area contributed by atoms with Crippen LogP contribution in [0.1, 0.15) is 31.7 Å². The Hall–Kier alpha value is -1.35. The van der Waals surface area contributed by atoms with E-state index >= 15 is 0 Å². The minimum Gasteiger partial charge on any atom is -0.385 e. The summed E-state index contributed by atoms with van der Waals surface area (Å²) in [5, 5.41) is 5.64. The van der Waals surface area contributed by atoms with Crippen molar-refractivity contribution in [3.63, 3.8) is 0 Å². The number of aryl methyl sites for hydroxylation is 1. The second kappa shape index (κ2) is 5.32. The molecular formula is C14H20N2O. The highest BCUT2D eigenvalue weighted by molar-refractivity contribution is 5.79. The van der Waals surface area contributed by atoms with E-state index in [2.05, 4.69) is 41.8 Å². The van der Waals surface area contributed by atoms with Gasteiger partial charge < -0.3 is 4.74 Å². The molecule has 1 heterocycles. The van der Waals surface area contributed by atoms with E-state index in [4.69, 9.17) is 4.74 Å². The minimum atomic E-state index is 0.557. The predicted octanol–water partition coefficient (Wildman–Crippen LogP) is 3.20. The summed E-state index contributed by atoms with van der Waals surface area (Å²) in [5.41, 5.74) is 2.60. The zero-order valence-corrected chi connectivity index (χ0v) is 10.8.